The van der Waals surface area contributed by atoms with Gasteiger partial charge in [0.15, 0.2) is 0 Å². The molecule has 0 bridgehead atoms. The van der Waals surface area contributed by atoms with Crippen molar-refractivity contribution in [3.8, 4) is 12.3 Å². The second-order valence-corrected chi connectivity index (χ2v) is 4.26. The zero-order valence-electron chi connectivity index (χ0n) is 10.6. The van der Waals surface area contributed by atoms with Crippen LogP contribution in [0.25, 0.3) is 5.52 Å². The van der Waals surface area contributed by atoms with E-state index in [-0.39, 0.29) is 6.04 Å². The molecule has 2 heterocycles. The summed E-state index contributed by atoms with van der Waals surface area (Å²) in [4.78, 5) is 4.16. The summed E-state index contributed by atoms with van der Waals surface area (Å²) in [7, 11) is 0. The van der Waals surface area contributed by atoms with Crippen molar-refractivity contribution in [2.45, 2.75) is 32.2 Å². The summed E-state index contributed by atoms with van der Waals surface area (Å²) in [6.07, 6.45) is 15.5. The van der Waals surface area contributed by atoms with Gasteiger partial charge in [0.25, 0.3) is 0 Å². The van der Waals surface area contributed by atoms with E-state index < -0.39 is 0 Å². The summed E-state index contributed by atoms with van der Waals surface area (Å²) in [5, 5.41) is 7.86. The van der Waals surface area contributed by atoms with Crippen LogP contribution in [-0.2, 0) is 0 Å². The Bertz CT molecular complexity index is 538. The first-order valence-electron chi connectivity index (χ1n) is 6.31. The fourth-order valence-corrected chi connectivity index (χ4v) is 2.04. The minimum atomic E-state index is 0.252. The number of terminal acetylenes is 1. The summed E-state index contributed by atoms with van der Waals surface area (Å²) in [5.74, 6) is 2.70. The maximum atomic E-state index is 5.36. The number of hydrogen-bond acceptors (Lipinski definition) is 3. The van der Waals surface area contributed by atoms with Gasteiger partial charge in [-0.05, 0) is 19.4 Å². The molecule has 18 heavy (non-hydrogen) atoms. The van der Waals surface area contributed by atoms with E-state index in [2.05, 4.69) is 28.2 Å². The van der Waals surface area contributed by atoms with Crippen molar-refractivity contribution in [3.05, 3.63) is 30.4 Å². The Morgan fingerprint density at radius 2 is 2.39 bits per heavy atom. The first kappa shape index (κ1) is 12.6. The summed E-state index contributed by atoms with van der Waals surface area (Å²) >= 11 is 0. The van der Waals surface area contributed by atoms with E-state index in [4.69, 9.17) is 6.42 Å². The van der Waals surface area contributed by atoms with Crippen LogP contribution in [0, 0.1) is 12.3 Å². The fraction of sp³-hybridized carbons (Fsp3) is 0.429. The summed E-state index contributed by atoms with van der Waals surface area (Å²) in [6.45, 7) is 3.13. The smallest absolute Gasteiger partial charge is 0.0892 e. The Balaban J connectivity index is 2.26. The second kappa shape index (κ2) is 6.18. The molecule has 0 saturated heterocycles. The van der Waals surface area contributed by atoms with Gasteiger partial charge in [-0.15, -0.1) is 12.3 Å². The number of fused-ring (bicyclic) bond motifs is 1. The molecule has 2 rings (SSSR count). The third-order valence-electron chi connectivity index (χ3n) is 2.95. The highest BCUT2D eigenvalue weighted by molar-refractivity contribution is 5.53. The Morgan fingerprint density at radius 3 is 3.17 bits per heavy atom. The zero-order chi connectivity index (χ0) is 12.8. The SMILES string of the molecule is C#CCCC(NCCC)c1cnn2ccncc12. The van der Waals surface area contributed by atoms with Crippen molar-refractivity contribution in [1.29, 1.82) is 0 Å². The predicted molar refractivity (Wildman–Crippen MR) is 72.1 cm³/mol. The Morgan fingerprint density at radius 1 is 1.50 bits per heavy atom. The molecule has 1 N–H and O–H groups in total. The van der Waals surface area contributed by atoms with Crippen molar-refractivity contribution in [2.24, 2.45) is 0 Å². The summed E-state index contributed by atoms with van der Waals surface area (Å²) in [5.41, 5.74) is 2.22. The summed E-state index contributed by atoms with van der Waals surface area (Å²) < 4.78 is 1.85. The van der Waals surface area contributed by atoms with Crippen LogP contribution in [0.2, 0.25) is 0 Å². The van der Waals surface area contributed by atoms with Gasteiger partial charge < -0.3 is 5.32 Å². The molecule has 4 heteroatoms. The maximum Gasteiger partial charge on any atom is 0.0892 e. The van der Waals surface area contributed by atoms with Crippen LogP contribution in [0.5, 0.6) is 0 Å². The molecule has 2 aromatic rings. The van der Waals surface area contributed by atoms with E-state index >= 15 is 0 Å². The molecule has 0 spiro atoms. The molecule has 0 aliphatic heterocycles. The quantitative estimate of drug-likeness (QED) is 0.789. The van der Waals surface area contributed by atoms with Gasteiger partial charge in [-0.2, -0.15) is 5.10 Å². The molecule has 0 amide bonds. The molecular formula is C14H18N4. The molecule has 4 nitrogen and oxygen atoms in total. The average Bonchev–Trinajstić information content (AvgIpc) is 2.83. The lowest BCUT2D eigenvalue weighted by molar-refractivity contribution is 0.508. The van der Waals surface area contributed by atoms with Crippen molar-refractivity contribution in [3.63, 3.8) is 0 Å². The van der Waals surface area contributed by atoms with Gasteiger partial charge in [-0.1, -0.05) is 6.92 Å². The number of aromatic nitrogens is 3. The topological polar surface area (TPSA) is 42.2 Å². The summed E-state index contributed by atoms with van der Waals surface area (Å²) in [6, 6.07) is 0.252. The van der Waals surface area contributed by atoms with E-state index in [1.54, 1.807) is 6.20 Å². The van der Waals surface area contributed by atoms with E-state index in [0.717, 1.165) is 31.3 Å². The van der Waals surface area contributed by atoms with Gasteiger partial charge in [0, 0.05) is 30.4 Å². The van der Waals surface area contributed by atoms with E-state index in [9.17, 15) is 0 Å². The van der Waals surface area contributed by atoms with Gasteiger partial charge in [-0.3, -0.25) is 4.98 Å². The third kappa shape index (κ3) is 2.69. The van der Waals surface area contributed by atoms with Gasteiger partial charge >= 0.3 is 0 Å². The molecule has 0 aliphatic rings. The Kier molecular flexibility index (Phi) is 4.32. The van der Waals surface area contributed by atoms with Crippen LogP contribution in [0.3, 0.4) is 0 Å². The molecule has 0 aromatic carbocycles. The van der Waals surface area contributed by atoms with Crippen LogP contribution >= 0.6 is 0 Å². The molecular weight excluding hydrogens is 224 g/mol. The first-order chi connectivity index (χ1) is 8.86. The Labute approximate surface area is 107 Å². The number of hydrogen-bond donors (Lipinski definition) is 1. The largest absolute Gasteiger partial charge is 0.310 e. The standard InChI is InChI=1S/C14H18N4/c1-3-5-6-13(16-7-4-2)12-10-17-18-9-8-15-11-14(12)18/h1,8-11,13,16H,4-7H2,2H3. The van der Waals surface area contributed by atoms with Gasteiger partial charge in [-0.25, -0.2) is 4.52 Å². The molecule has 2 aromatic heterocycles. The van der Waals surface area contributed by atoms with Crippen LogP contribution in [0.1, 0.15) is 37.8 Å². The van der Waals surface area contributed by atoms with E-state index in [1.807, 2.05) is 23.1 Å². The fourth-order valence-electron chi connectivity index (χ4n) is 2.04. The normalized spacial score (nSPS) is 12.4. The minimum absolute atomic E-state index is 0.252. The highest BCUT2D eigenvalue weighted by Gasteiger charge is 2.15. The molecule has 0 radical (unpaired) electrons. The lowest BCUT2D eigenvalue weighted by atomic mass is 10.0. The molecule has 1 atom stereocenters. The van der Waals surface area contributed by atoms with Crippen LogP contribution < -0.4 is 5.32 Å². The molecule has 0 aliphatic carbocycles. The Hall–Kier alpha value is -1.86. The third-order valence-corrected chi connectivity index (χ3v) is 2.95. The van der Waals surface area contributed by atoms with Gasteiger partial charge in [0.1, 0.15) is 0 Å². The highest BCUT2D eigenvalue weighted by atomic mass is 15.2. The lowest BCUT2D eigenvalue weighted by Gasteiger charge is -2.16. The van der Waals surface area contributed by atoms with Crippen molar-refractivity contribution >= 4 is 5.52 Å². The number of nitrogens with zero attached hydrogens (tertiary/aromatic N) is 3. The van der Waals surface area contributed by atoms with Gasteiger partial charge in [0.2, 0.25) is 0 Å². The second-order valence-electron chi connectivity index (χ2n) is 4.26. The van der Waals surface area contributed by atoms with Crippen molar-refractivity contribution in [2.75, 3.05) is 6.54 Å². The van der Waals surface area contributed by atoms with Crippen molar-refractivity contribution < 1.29 is 0 Å². The van der Waals surface area contributed by atoms with E-state index in [1.165, 1.54) is 5.56 Å². The van der Waals surface area contributed by atoms with Crippen LogP contribution in [0.15, 0.2) is 24.8 Å². The van der Waals surface area contributed by atoms with Crippen LogP contribution in [-0.4, -0.2) is 21.1 Å². The molecule has 0 saturated carbocycles. The highest BCUT2D eigenvalue weighted by Crippen LogP contribution is 2.22. The van der Waals surface area contributed by atoms with E-state index in [0.29, 0.717) is 0 Å². The predicted octanol–water partition coefficient (Wildman–Crippen LogP) is 2.18. The zero-order valence-corrected chi connectivity index (χ0v) is 10.6. The molecule has 0 fully saturated rings. The van der Waals surface area contributed by atoms with Crippen molar-refractivity contribution in [1.82, 2.24) is 19.9 Å². The lowest BCUT2D eigenvalue weighted by Crippen LogP contribution is -2.22. The number of rotatable bonds is 6. The van der Waals surface area contributed by atoms with Gasteiger partial charge in [0.05, 0.1) is 17.9 Å². The maximum absolute atomic E-state index is 5.36. The monoisotopic (exact) mass is 242 g/mol. The number of nitrogens with one attached hydrogen (secondary N) is 1. The molecule has 1 unspecified atom stereocenters. The first-order valence-corrected chi connectivity index (χ1v) is 6.31. The van der Waals surface area contributed by atoms with Crippen LogP contribution in [0.4, 0.5) is 0 Å². The molecule has 94 valence electrons. The minimum Gasteiger partial charge on any atom is -0.310 e. The average molecular weight is 242 g/mol.